The van der Waals surface area contributed by atoms with E-state index in [9.17, 15) is 9.90 Å². The monoisotopic (exact) mass is 330 g/mol. The number of pyridine rings is 1. The van der Waals surface area contributed by atoms with Gasteiger partial charge in [0.15, 0.2) is 0 Å². The lowest BCUT2D eigenvalue weighted by Crippen LogP contribution is -2.33. The highest BCUT2D eigenvalue weighted by molar-refractivity contribution is 7.99. The quantitative estimate of drug-likeness (QED) is 0.730. The molecule has 122 valence electrons. The summed E-state index contributed by atoms with van der Waals surface area (Å²) in [6, 6.07) is 15.2. The standard InChI is InChI=1S/C18H22N2O2S/c1-14(13-16(21)15-7-3-2-4-8-15)20-17(22)10-12-23-18-9-5-6-11-19-18/h2-9,11,14,16,21H,10,12-13H2,1H3,(H,20,22). The number of rotatable bonds is 8. The maximum absolute atomic E-state index is 11.9. The first kappa shape index (κ1) is 17.5. The largest absolute Gasteiger partial charge is 0.388 e. The third kappa shape index (κ3) is 6.42. The molecule has 5 heteroatoms. The summed E-state index contributed by atoms with van der Waals surface area (Å²) < 4.78 is 0. The lowest BCUT2D eigenvalue weighted by Gasteiger charge is -2.18. The van der Waals surface area contributed by atoms with Gasteiger partial charge < -0.3 is 10.4 Å². The van der Waals surface area contributed by atoms with Gasteiger partial charge in [0.1, 0.15) is 0 Å². The minimum atomic E-state index is -0.561. The summed E-state index contributed by atoms with van der Waals surface area (Å²) in [6.45, 7) is 1.91. The number of hydrogen-bond donors (Lipinski definition) is 2. The summed E-state index contributed by atoms with van der Waals surface area (Å²) in [5.74, 6) is 0.692. The number of nitrogens with one attached hydrogen (secondary N) is 1. The van der Waals surface area contributed by atoms with E-state index in [1.165, 1.54) is 0 Å². The van der Waals surface area contributed by atoms with Crippen LogP contribution in [0.25, 0.3) is 0 Å². The molecule has 0 radical (unpaired) electrons. The summed E-state index contributed by atoms with van der Waals surface area (Å²) in [7, 11) is 0. The molecule has 0 aliphatic carbocycles. The zero-order valence-corrected chi connectivity index (χ0v) is 14.0. The molecule has 0 aliphatic heterocycles. The highest BCUT2D eigenvalue weighted by Crippen LogP contribution is 2.18. The number of aliphatic hydroxyl groups is 1. The average Bonchev–Trinajstić information content (AvgIpc) is 2.56. The molecule has 0 aliphatic rings. The van der Waals surface area contributed by atoms with Crippen LogP contribution in [0.5, 0.6) is 0 Å². The highest BCUT2D eigenvalue weighted by atomic mass is 32.2. The van der Waals surface area contributed by atoms with Gasteiger partial charge in [0.05, 0.1) is 11.1 Å². The van der Waals surface area contributed by atoms with Crippen molar-refractivity contribution in [3.05, 3.63) is 60.3 Å². The first-order valence-electron chi connectivity index (χ1n) is 7.71. The maximum atomic E-state index is 11.9. The third-order valence-corrected chi connectivity index (χ3v) is 4.33. The van der Waals surface area contributed by atoms with Crippen LogP contribution in [0.3, 0.4) is 0 Å². The Morgan fingerprint density at radius 2 is 1.96 bits per heavy atom. The van der Waals surface area contributed by atoms with Gasteiger partial charge in [0.25, 0.3) is 0 Å². The Balaban J connectivity index is 1.68. The number of aliphatic hydroxyl groups excluding tert-OH is 1. The molecule has 2 rings (SSSR count). The third-order valence-electron chi connectivity index (χ3n) is 3.39. The lowest BCUT2D eigenvalue weighted by atomic mass is 10.0. The Hall–Kier alpha value is -1.85. The highest BCUT2D eigenvalue weighted by Gasteiger charge is 2.14. The zero-order chi connectivity index (χ0) is 16.5. The first-order valence-corrected chi connectivity index (χ1v) is 8.70. The van der Waals surface area contributed by atoms with E-state index in [-0.39, 0.29) is 11.9 Å². The van der Waals surface area contributed by atoms with Crippen LogP contribution < -0.4 is 5.32 Å². The molecule has 4 nitrogen and oxygen atoms in total. The van der Waals surface area contributed by atoms with Crippen molar-refractivity contribution in [3.8, 4) is 0 Å². The maximum Gasteiger partial charge on any atom is 0.221 e. The molecule has 2 atom stereocenters. The molecule has 0 spiro atoms. The molecule has 2 unspecified atom stereocenters. The molecule has 0 bridgehead atoms. The molecule has 23 heavy (non-hydrogen) atoms. The van der Waals surface area contributed by atoms with E-state index >= 15 is 0 Å². The average molecular weight is 330 g/mol. The number of benzene rings is 1. The van der Waals surface area contributed by atoms with E-state index in [1.54, 1.807) is 18.0 Å². The minimum absolute atomic E-state index is 0.00110. The Labute approximate surface area is 141 Å². The number of carbonyl (C=O) groups excluding carboxylic acids is 1. The zero-order valence-electron chi connectivity index (χ0n) is 13.2. The smallest absolute Gasteiger partial charge is 0.221 e. The summed E-state index contributed by atoms with van der Waals surface area (Å²) in [4.78, 5) is 16.1. The van der Waals surface area contributed by atoms with Gasteiger partial charge in [-0.15, -0.1) is 11.8 Å². The molecule has 1 amide bonds. The van der Waals surface area contributed by atoms with Gasteiger partial charge in [0, 0.05) is 24.4 Å². The van der Waals surface area contributed by atoms with Gasteiger partial charge in [-0.05, 0) is 31.0 Å². The van der Waals surface area contributed by atoms with E-state index in [2.05, 4.69) is 10.3 Å². The summed E-state index contributed by atoms with van der Waals surface area (Å²) in [5.41, 5.74) is 0.874. The van der Waals surface area contributed by atoms with Gasteiger partial charge in [-0.2, -0.15) is 0 Å². The number of hydrogen-bond acceptors (Lipinski definition) is 4. The van der Waals surface area contributed by atoms with Gasteiger partial charge in [-0.1, -0.05) is 36.4 Å². The molecular weight excluding hydrogens is 308 g/mol. The normalized spacial score (nSPS) is 13.3. The second-order valence-corrected chi connectivity index (χ2v) is 6.51. The van der Waals surface area contributed by atoms with Crippen LogP contribution in [-0.2, 0) is 4.79 Å². The van der Waals surface area contributed by atoms with Crippen molar-refractivity contribution in [2.24, 2.45) is 0 Å². The molecule has 2 aromatic rings. The van der Waals surface area contributed by atoms with E-state index in [1.807, 2.05) is 55.5 Å². The van der Waals surface area contributed by atoms with E-state index < -0.39 is 6.10 Å². The van der Waals surface area contributed by atoms with Crippen molar-refractivity contribution in [2.75, 3.05) is 5.75 Å². The SMILES string of the molecule is CC(CC(O)c1ccccc1)NC(=O)CCSc1ccccn1. The second-order valence-electron chi connectivity index (χ2n) is 5.40. The number of nitrogens with zero attached hydrogens (tertiary/aromatic N) is 1. The summed E-state index contributed by atoms with van der Waals surface area (Å²) in [6.07, 6.45) is 2.13. The van der Waals surface area contributed by atoms with Crippen LogP contribution in [0.4, 0.5) is 0 Å². The van der Waals surface area contributed by atoms with Crippen molar-refractivity contribution < 1.29 is 9.90 Å². The lowest BCUT2D eigenvalue weighted by molar-refractivity contribution is -0.121. The molecule has 0 fully saturated rings. The Morgan fingerprint density at radius 1 is 1.22 bits per heavy atom. The molecule has 0 saturated carbocycles. The van der Waals surface area contributed by atoms with Crippen LogP contribution in [0, 0.1) is 0 Å². The van der Waals surface area contributed by atoms with Crippen molar-refractivity contribution in [3.63, 3.8) is 0 Å². The van der Waals surface area contributed by atoms with Crippen molar-refractivity contribution >= 4 is 17.7 Å². The van der Waals surface area contributed by atoms with Gasteiger partial charge in [0.2, 0.25) is 5.91 Å². The first-order chi connectivity index (χ1) is 11.1. The van der Waals surface area contributed by atoms with Crippen LogP contribution in [0.2, 0.25) is 0 Å². The number of carbonyl (C=O) groups is 1. The molecule has 1 heterocycles. The van der Waals surface area contributed by atoms with Crippen LogP contribution in [0.1, 0.15) is 31.4 Å². The fourth-order valence-corrected chi connectivity index (χ4v) is 3.04. The van der Waals surface area contributed by atoms with Crippen molar-refractivity contribution in [1.29, 1.82) is 0 Å². The molecule has 1 aromatic carbocycles. The second kappa shape index (κ2) is 9.33. The van der Waals surface area contributed by atoms with Crippen molar-refractivity contribution in [1.82, 2.24) is 10.3 Å². The van der Waals surface area contributed by atoms with Crippen LogP contribution in [0.15, 0.2) is 59.8 Å². The Kier molecular flexibility index (Phi) is 7.10. The number of amides is 1. The van der Waals surface area contributed by atoms with E-state index in [0.29, 0.717) is 18.6 Å². The fourth-order valence-electron chi connectivity index (χ4n) is 2.23. The van der Waals surface area contributed by atoms with Gasteiger partial charge in [-0.3, -0.25) is 4.79 Å². The van der Waals surface area contributed by atoms with Crippen LogP contribution in [-0.4, -0.2) is 27.8 Å². The summed E-state index contributed by atoms with van der Waals surface area (Å²) in [5, 5.41) is 14.0. The van der Waals surface area contributed by atoms with Gasteiger partial charge >= 0.3 is 0 Å². The van der Waals surface area contributed by atoms with E-state index in [0.717, 1.165) is 10.6 Å². The molecule has 0 saturated heterocycles. The molecular formula is C18H22N2O2S. The summed E-state index contributed by atoms with van der Waals surface area (Å²) >= 11 is 1.57. The van der Waals surface area contributed by atoms with Crippen LogP contribution >= 0.6 is 11.8 Å². The number of aromatic nitrogens is 1. The Bertz CT molecular complexity index is 592. The topological polar surface area (TPSA) is 62.2 Å². The molecule has 1 aromatic heterocycles. The minimum Gasteiger partial charge on any atom is -0.388 e. The fraction of sp³-hybridized carbons (Fsp3) is 0.333. The predicted molar refractivity (Wildman–Crippen MR) is 93.2 cm³/mol. The van der Waals surface area contributed by atoms with E-state index in [4.69, 9.17) is 0 Å². The van der Waals surface area contributed by atoms with Crippen molar-refractivity contribution in [2.45, 2.75) is 36.9 Å². The number of thioether (sulfide) groups is 1. The Morgan fingerprint density at radius 3 is 2.65 bits per heavy atom. The predicted octanol–water partition coefficient (Wildman–Crippen LogP) is 3.19. The van der Waals surface area contributed by atoms with Gasteiger partial charge in [-0.25, -0.2) is 4.98 Å². The molecule has 2 N–H and O–H groups in total.